The molecule has 2 aromatic rings. The van der Waals surface area contributed by atoms with Gasteiger partial charge in [-0.3, -0.25) is 4.79 Å². The highest BCUT2D eigenvalue weighted by molar-refractivity contribution is 9.10. The molecule has 0 radical (unpaired) electrons. The van der Waals surface area contributed by atoms with Gasteiger partial charge in [-0.2, -0.15) is 0 Å². The van der Waals surface area contributed by atoms with E-state index in [0.717, 1.165) is 34.9 Å². The van der Waals surface area contributed by atoms with Crippen molar-refractivity contribution < 1.29 is 9.90 Å². The maximum absolute atomic E-state index is 12.9. The first-order chi connectivity index (χ1) is 10.9. The molecule has 2 aromatic carbocycles. The van der Waals surface area contributed by atoms with Crippen LogP contribution in [-0.2, 0) is 10.2 Å². The molecule has 1 amide bonds. The van der Waals surface area contributed by atoms with Crippen molar-refractivity contribution in [3.05, 3.63) is 57.6 Å². The van der Waals surface area contributed by atoms with Gasteiger partial charge in [0, 0.05) is 15.7 Å². The topological polar surface area (TPSA) is 49.3 Å². The van der Waals surface area contributed by atoms with E-state index in [-0.39, 0.29) is 11.7 Å². The molecule has 1 fully saturated rings. The minimum Gasteiger partial charge on any atom is -0.507 e. The minimum absolute atomic E-state index is 0.0115. The number of halogens is 1. The summed E-state index contributed by atoms with van der Waals surface area (Å²) in [6.45, 7) is 3.67. The van der Waals surface area contributed by atoms with Crippen LogP contribution in [0.25, 0.3) is 0 Å². The second-order valence-electron chi connectivity index (χ2n) is 6.30. The summed E-state index contributed by atoms with van der Waals surface area (Å²) >= 11 is 3.44. The number of phenolic OH excluding ortho intramolecular Hbond substituents is 1. The maximum Gasteiger partial charge on any atom is 0.235 e. The molecule has 120 valence electrons. The zero-order valence-corrected chi connectivity index (χ0v) is 14.9. The number of anilines is 1. The summed E-state index contributed by atoms with van der Waals surface area (Å²) in [6.07, 6.45) is 2.77. The third-order valence-corrected chi connectivity index (χ3v) is 5.45. The number of nitrogens with one attached hydrogen (secondary N) is 1. The van der Waals surface area contributed by atoms with Crippen LogP contribution in [0.4, 0.5) is 5.69 Å². The van der Waals surface area contributed by atoms with Crippen LogP contribution in [0.1, 0.15) is 36.0 Å². The number of benzene rings is 2. The normalized spacial score (nSPS) is 15.8. The number of aryl methyl sites for hydroxylation is 1. The Hall–Kier alpha value is -1.81. The van der Waals surface area contributed by atoms with Crippen molar-refractivity contribution in [1.82, 2.24) is 0 Å². The molecule has 3 rings (SSSR count). The molecule has 0 bridgehead atoms. The Morgan fingerprint density at radius 2 is 1.78 bits per heavy atom. The summed E-state index contributed by atoms with van der Waals surface area (Å²) in [5.74, 6) is 0.256. The summed E-state index contributed by atoms with van der Waals surface area (Å²) < 4.78 is 1.01. The lowest BCUT2D eigenvalue weighted by Gasteiger charge is -2.41. The van der Waals surface area contributed by atoms with Crippen molar-refractivity contribution in [3.63, 3.8) is 0 Å². The highest BCUT2D eigenvalue weighted by atomic mass is 79.9. The van der Waals surface area contributed by atoms with Gasteiger partial charge in [-0.25, -0.2) is 0 Å². The number of amides is 1. The summed E-state index contributed by atoms with van der Waals surface area (Å²) in [5, 5.41) is 13.1. The largest absolute Gasteiger partial charge is 0.507 e. The van der Waals surface area contributed by atoms with Gasteiger partial charge < -0.3 is 10.4 Å². The molecule has 3 nitrogen and oxygen atoms in total. The molecule has 1 aliphatic rings. The van der Waals surface area contributed by atoms with Crippen molar-refractivity contribution in [2.45, 2.75) is 38.5 Å². The highest BCUT2D eigenvalue weighted by Crippen LogP contribution is 2.45. The molecule has 0 atom stereocenters. The number of aromatic hydroxyl groups is 1. The number of hydrogen-bond acceptors (Lipinski definition) is 2. The van der Waals surface area contributed by atoms with E-state index < -0.39 is 5.41 Å². The fourth-order valence-electron chi connectivity index (χ4n) is 3.16. The lowest BCUT2D eigenvalue weighted by Crippen LogP contribution is -2.46. The quantitative estimate of drug-likeness (QED) is 0.808. The Kier molecular flexibility index (Phi) is 4.19. The number of phenols is 1. The van der Waals surface area contributed by atoms with Gasteiger partial charge in [0.15, 0.2) is 0 Å². The smallest absolute Gasteiger partial charge is 0.235 e. The molecule has 1 saturated carbocycles. The first-order valence-electron chi connectivity index (χ1n) is 7.81. The van der Waals surface area contributed by atoms with Crippen LogP contribution in [-0.4, -0.2) is 11.0 Å². The first kappa shape index (κ1) is 16.1. The fourth-order valence-corrected chi connectivity index (χ4v) is 3.42. The number of rotatable bonds is 3. The molecular weight excluding hydrogens is 354 g/mol. The summed E-state index contributed by atoms with van der Waals surface area (Å²) in [4.78, 5) is 12.9. The van der Waals surface area contributed by atoms with Crippen molar-refractivity contribution in [2.75, 3.05) is 5.32 Å². The van der Waals surface area contributed by atoms with Crippen molar-refractivity contribution in [1.29, 1.82) is 0 Å². The van der Waals surface area contributed by atoms with Gasteiger partial charge in [0.05, 0.1) is 5.41 Å². The zero-order chi connectivity index (χ0) is 16.6. The molecule has 0 heterocycles. The van der Waals surface area contributed by atoms with E-state index in [9.17, 15) is 9.90 Å². The van der Waals surface area contributed by atoms with Crippen LogP contribution in [0.3, 0.4) is 0 Å². The van der Waals surface area contributed by atoms with Gasteiger partial charge in [-0.05, 0) is 56.0 Å². The molecule has 23 heavy (non-hydrogen) atoms. The summed E-state index contributed by atoms with van der Waals surface area (Å²) in [6, 6.07) is 11.7. The Morgan fingerprint density at radius 1 is 1.13 bits per heavy atom. The van der Waals surface area contributed by atoms with Crippen molar-refractivity contribution in [2.24, 2.45) is 0 Å². The van der Waals surface area contributed by atoms with E-state index in [1.807, 2.05) is 50.2 Å². The third kappa shape index (κ3) is 2.76. The lowest BCUT2D eigenvalue weighted by atomic mass is 9.64. The van der Waals surface area contributed by atoms with Gasteiger partial charge in [0.25, 0.3) is 0 Å². The SMILES string of the molecule is Cc1ccc(NC(=O)C2(c3ccc(Br)cc3)CCC2)c(C)c1O. The average Bonchev–Trinajstić information content (AvgIpc) is 2.49. The van der Waals surface area contributed by atoms with Gasteiger partial charge in [-0.1, -0.05) is 40.5 Å². The number of hydrogen-bond donors (Lipinski definition) is 2. The Balaban J connectivity index is 1.90. The fraction of sp³-hybridized carbons (Fsp3) is 0.316. The zero-order valence-electron chi connectivity index (χ0n) is 13.3. The van der Waals surface area contributed by atoms with Crippen LogP contribution in [0.2, 0.25) is 0 Å². The lowest BCUT2D eigenvalue weighted by molar-refractivity contribution is -0.124. The second-order valence-corrected chi connectivity index (χ2v) is 7.22. The van der Waals surface area contributed by atoms with Crippen LogP contribution >= 0.6 is 15.9 Å². The maximum atomic E-state index is 12.9. The van der Waals surface area contributed by atoms with Crippen LogP contribution in [0.15, 0.2) is 40.9 Å². The van der Waals surface area contributed by atoms with Gasteiger partial charge in [0.1, 0.15) is 5.75 Å². The predicted molar refractivity (Wildman–Crippen MR) is 95.9 cm³/mol. The van der Waals surface area contributed by atoms with E-state index in [1.165, 1.54) is 0 Å². The molecule has 0 unspecified atom stereocenters. The Bertz CT molecular complexity index is 749. The molecule has 0 saturated heterocycles. The number of carbonyl (C=O) groups is 1. The van der Waals surface area contributed by atoms with Crippen LogP contribution in [0, 0.1) is 13.8 Å². The molecule has 2 N–H and O–H groups in total. The first-order valence-corrected chi connectivity index (χ1v) is 8.60. The predicted octanol–water partition coefficient (Wildman–Crippen LogP) is 4.83. The van der Waals surface area contributed by atoms with E-state index in [2.05, 4.69) is 21.2 Å². The third-order valence-electron chi connectivity index (χ3n) is 4.92. The van der Waals surface area contributed by atoms with E-state index in [4.69, 9.17) is 0 Å². The van der Waals surface area contributed by atoms with E-state index in [1.54, 1.807) is 0 Å². The summed E-state index contributed by atoms with van der Waals surface area (Å²) in [7, 11) is 0. The van der Waals surface area contributed by atoms with E-state index >= 15 is 0 Å². The number of carbonyl (C=O) groups excluding carboxylic acids is 1. The average molecular weight is 374 g/mol. The van der Waals surface area contributed by atoms with Crippen LogP contribution in [0.5, 0.6) is 5.75 Å². The molecule has 4 heteroatoms. The molecule has 0 aromatic heterocycles. The highest BCUT2D eigenvalue weighted by Gasteiger charge is 2.45. The molecular formula is C19H20BrNO2. The minimum atomic E-state index is -0.451. The van der Waals surface area contributed by atoms with E-state index in [0.29, 0.717) is 11.3 Å². The molecule has 0 aliphatic heterocycles. The Morgan fingerprint density at radius 3 is 2.35 bits per heavy atom. The van der Waals surface area contributed by atoms with Gasteiger partial charge in [0.2, 0.25) is 5.91 Å². The van der Waals surface area contributed by atoms with Crippen LogP contribution < -0.4 is 5.32 Å². The summed E-state index contributed by atoms with van der Waals surface area (Å²) in [5.41, 5.74) is 2.81. The standard InChI is InChI=1S/C19H20BrNO2/c1-12-4-9-16(13(2)17(12)22)21-18(23)19(10-3-11-19)14-5-7-15(20)8-6-14/h4-9,22H,3,10-11H2,1-2H3,(H,21,23). The van der Waals surface area contributed by atoms with Gasteiger partial charge >= 0.3 is 0 Å². The monoisotopic (exact) mass is 373 g/mol. The Labute approximate surface area is 144 Å². The second kappa shape index (κ2) is 6.00. The molecule has 0 spiro atoms. The molecule has 1 aliphatic carbocycles. The van der Waals surface area contributed by atoms with Gasteiger partial charge in [-0.15, -0.1) is 0 Å². The van der Waals surface area contributed by atoms with Crippen molar-refractivity contribution in [3.8, 4) is 5.75 Å². The van der Waals surface area contributed by atoms with Crippen molar-refractivity contribution >= 4 is 27.5 Å².